The molecule has 6 aromatic rings. The van der Waals surface area contributed by atoms with Crippen LogP contribution in [0.1, 0.15) is 38.4 Å². The molecule has 0 aliphatic carbocycles. The number of fused-ring (bicyclic) bond motifs is 2. The van der Waals surface area contributed by atoms with Crippen LogP contribution in [0.2, 0.25) is 0 Å². The molecule has 2 amide bonds. The summed E-state index contributed by atoms with van der Waals surface area (Å²) in [4.78, 5) is 44.8. The number of nitrogens with one attached hydrogen (secondary N) is 4. The molecule has 1 aliphatic rings. The number of benzene rings is 3. The lowest BCUT2D eigenvalue weighted by Gasteiger charge is -2.31. The van der Waals surface area contributed by atoms with Crippen molar-refractivity contribution in [2.45, 2.75) is 35.2 Å². The fourth-order valence-electron chi connectivity index (χ4n) is 6.38. The lowest BCUT2D eigenvalue weighted by molar-refractivity contribution is 0.0975. The van der Waals surface area contributed by atoms with Gasteiger partial charge in [-0.2, -0.15) is 0 Å². The highest BCUT2D eigenvalue weighted by Gasteiger charge is 2.26. The van der Waals surface area contributed by atoms with Crippen molar-refractivity contribution in [3.05, 3.63) is 125 Å². The largest absolute Gasteiger partial charge is 0.365 e. The van der Waals surface area contributed by atoms with E-state index in [-0.39, 0.29) is 39.9 Å². The van der Waals surface area contributed by atoms with Crippen molar-refractivity contribution in [2.24, 2.45) is 0 Å². The van der Waals surface area contributed by atoms with Gasteiger partial charge in [-0.1, -0.05) is 47.7 Å². The third-order valence-electron chi connectivity index (χ3n) is 9.36. The van der Waals surface area contributed by atoms with E-state index in [2.05, 4.69) is 35.2 Å². The lowest BCUT2D eigenvalue weighted by Crippen LogP contribution is -2.34. The summed E-state index contributed by atoms with van der Waals surface area (Å²) in [5.41, 5.74) is 4.69. The van der Waals surface area contributed by atoms with Crippen LogP contribution in [0.15, 0.2) is 107 Å². The summed E-state index contributed by atoms with van der Waals surface area (Å²) in [7, 11) is -0.503. The van der Waals surface area contributed by atoms with Crippen molar-refractivity contribution < 1.29 is 27.6 Å². The zero-order chi connectivity index (χ0) is 40.8. The number of aromatic nitrogens is 3. The first kappa shape index (κ1) is 40.5. The zero-order valence-corrected chi connectivity index (χ0v) is 33.9. The first-order chi connectivity index (χ1) is 27.9. The number of thiazole rings is 1. The fraction of sp³-hybridized carbons (Fsp3) is 0.225. The molecule has 0 spiro atoms. The van der Waals surface area contributed by atoms with Gasteiger partial charge in [-0.15, -0.1) is 11.8 Å². The second kappa shape index (κ2) is 17.9. The fourth-order valence-corrected chi connectivity index (χ4v) is 9.19. The quantitative estimate of drug-likeness (QED) is 0.0560. The summed E-state index contributed by atoms with van der Waals surface area (Å²) in [6.45, 7) is 1.61. The Balaban J connectivity index is 1.03. The molecule has 14 nitrogen and oxygen atoms in total. The molecule has 0 bridgehead atoms. The van der Waals surface area contributed by atoms with Crippen LogP contribution in [0.25, 0.3) is 10.2 Å². The molecule has 300 valence electrons. The SMILES string of the molecule is CN(C)CC[C@H](CSc1ccccc1)Nc1ncc(S(=O)(=O)NC(=O)c2cccc(N3CCc4cccc(C(=O)Nc5nc6ccc(F)cc6s5)c4C3)n2)cc1NO. The molecule has 1 aliphatic heterocycles. The zero-order valence-electron chi connectivity index (χ0n) is 31.5. The van der Waals surface area contributed by atoms with Gasteiger partial charge in [0.1, 0.15) is 27.9 Å². The summed E-state index contributed by atoms with van der Waals surface area (Å²) >= 11 is 2.84. The van der Waals surface area contributed by atoms with Crippen LogP contribution in [0.3, 0.4) is 0 Å². The van der Waals surface area contributed by atoms with Crippen LogP contribution in [-0.4, -0.2) is 84.3 Å². The van der Waals surface area contributed by atoms with E-state index in [0.29, 0.717) is 52.0 Å². The third-order valence-corrected chi connectivity index (χ3v) is 12.8. The van der Waals surface area contributed by atoms with Gasteiger partial charge in [0.2, 0.25) is 0 Å². The Morgan fingerprint density at radius 3 is 2.60 bits per heavy atom. The van der Waals surface area contributed by atoms with E-state index in [0.717, 1.165) is 35.2 Å². The van der Waals surface area contributed by atoms with Gasteiger partial charge in [0.05, 0.1) is 10.2 Å². The van der Waals surface area contributed by atoms with Crippen molar-refractivity contribution >= 4 is 77.6 Å². The van der Waals surface area contributed by atoms with E-state index in [1.54, 1.807) is 36.0 Å². The number of thioether (sulfide) groups is 1. The molecule has 5 N–H and O–H groups in total. The molecule has 0 radical (unpaired) electrons. The number of halogens is 1. The van der Waals surface area contributed by atoms with Gasteiger partial charge in [-0.05, 0) is 99.2 Å². The predicted molar refractivity (Wildman–Crippen MR) is 225 cm³/mol. The number of nitrogens with zero attached hydrogens (tertiary/aromatic N) is 5. The summed E-state index contributed by atoms with van der Waals surface area (Å²) in [6, 6.07) is 25.5. The van der Waals surface area contributed by atoms with E-state index in [9.17, 15) is 27.6 Å². The highest BCUT2D eigenvalue weighted by Crippen LogP contribution is 2.30. The maximum atomic E-state index is 13.7. The van der Waals surface area contributed by atoms with Crippen molar-refractivity contribution in [1.82, 2.24) is 24.6 Å². The Kier molecular flexibility index (Phi) is 12.5. The number of amides is 2. The topological polar surface area (TPSA) is 182 Å². The smallest absolute Gasteiger partial charge is 0.283 e. The normalized spacial score (nSPS) is 13.2. The van der Waals surface area contributed by atoms with Crippen LogP contribution >= 0.6 is 23.1 Å². The van der Waals surface area contributed by atoms with Crippen LogP contribution in [0.5, 0.6) is 0 Å². The van der Waals surface area contributed by atoms with Crippen LogP contribution in [0, 0.1) is 5.82 Å². The van der Waals surface area contributed by atoms with Gasteiger partial charge in [-0.3, -0.25) is 25.6 Å². The summed E-state index contributed by atoms with van der Waals surface area (Å²) in [5, 5.41) is 16.5. The van der Waals surface area contributed by atoms with Crippen molar-refractivity contribution in [1.29, 1.82) is 0 Å². The highest BCUT2D eigenvalue weighted by atomic mass is 32.2. The Morgan fingerprint density at radius 2 is 1.81 bits per heavy atom. The van der Waals surface area contributed by atoms with Gasteiger partial charge in [-0.25, -0.2) is 32.5 Å². The minimum absolute atomic E-state index is 0.0175. The second-order valence-corrected chi connectivity index (χ2v) is 17.6. The Hall–Kier alpha value is -5.66. The maximum absolute atomic E-state index is 13.7. The Morgan fingerprint density at radius 1 is 1.00 bits per heavy atom. The van der Waals surface area contributed by atoms with Crippen molar-refractivity contribution in [3.8, 4) is 0 Å². The minimum Gasteiger partial charge on any atom is -0.365 e. The second-order valence-electron chi connectivity index (χ2n) is 13.8. The first-order valence-electron chi connectivity index (χ1n) is 18.2. The minimum atomic E-state index is -4.46. The summed E-state index contributed by atoms with van der Waals surface area (Å²) in [5.74, 6) is -0.371. The molecule has 18 heteroatoms. The molecular weight excluding hydrogens is 802 g/mol. The molecule has 3 aromatic heterocycles. The highest BCUT2D eigenvalue weighted by molar-refractivity contribution is 7.99. The van der Waals surface area contributed by atoms with Crippen molar-refractivity contribution in [2.75, 3.05) is 54.0 Å². The van der Waals surface area contributed by atoms with E-state index in [4.69, 9.17) is 0 Å². The number of pyridine rings is 2. The van der Waals surface area contributed by atoms with Gasteiger partial charge in [0.15, 0.2) is 10.9 Å². The average molecular weight is 842 g/mol. The monoisotopic (exact) mass is 841 g/mol. The maximum Gasteiger partial charge on any atom is 0.283 e. The molecule has 0 fully saturated rings. The molecule has 3 aromatic carbocycles. The number of hydrogen-bond acceptors (Lipinski definition) is 14. The third kappa shape index (κ3) is 9.71. The summed E-state index contributed by atoms with van der Waals surface area (Å²) < 4.78 is 43.4. The van der Waals surface area contributed by atoms with Gasteiger partial charge >= 0.3 is 0 Å². The lowest BCUT2D eigenvalue weighted by atomic mass is 9.94. The van der Waals surface area contributed by atoms with E-state index >= 15 is 0 Å². The summed E-state index contributed by atoms with van der Waals surface area (Å²) in [6.07, 6.45) is 2.45. The number of sulfonamides is 1. The van der Waals surface area contributed by atoms with E-state index in [1.165, 1.54) is 35.6 Å². The molecule has 58 heavy (non-hydrogen) atoms. The van der Waals surface area contributed by atoms with Gasteiger partial charge in [0.25, 0.3) is 21.8 Å². The molecule has 4 heterocycles. The standard InChI is InChI=1S/C40H40FN9O5S3/c1-49(2)18-17-27(24-56-28-9-4-3-5-10-28)43-37-34(47-53)21-29(22-42-37)58(54,55)48-39(52)33-12-7-13-36(44-33)50-19-16-25-8-6-11-30(31(25)23-50)38(51)46-40-45-32-15-14-26(41)20-35(32)57-40/h3-15,20-22,27,47,53H,16-19,23-24H2,1-2H3,(H,42,43)(H,48,52)(H,45,46,51)/t27-/m1/s1. The first-order valence-corrected chi connectivity index (χ1v) is 21.5. The predicted octanol–water partition coefficient (Wildman–Crippen LogP) is 6.48. The molecule has 7 rings (SSSR count). The van der Waals surface area contributed by atoms with Crippen LogP contribution < -0.4 is 25.7 Å². The Bertz CT molecular complexity index is 2560. The number of carbonyl (C=O) groups is 2. The number of anilines is 4. The molecule has 0 saturated carbocycles. The molecule has 1 atom stereocenters. The number of carbonyl (C=O) groups excluding carboxylic acids is 2. The van der Waals surface area contributed by atoms with E-state index < -0.39 is 15.9 Å². The van der Waals surface area contributed by atoms with E-state index in [1.807, 2.05) is 66.9 Å². The molecule has 0 saturated heterocycles. The number of hydrogen-bond donors (Lipinski definition) is 5. The molecule has 0 unspecified atom stereocenters. The average Bonchev–Trinajstić information content (AvgIpc) is 3.62. The van der Waals surface area contributed by atoms with Gasteiger partial charge < -0.3 is 15.1 Å². The van der Waals surface area contributed by atoms with Crippen molar-refractivity contribution in [3.63, 3.8) is 0 Å². The van der Waals surface area contributed by atoms with Crippen LogP contribution in [-0.2, 0) is 23.0 Å². The van der Waals surface area contributed by atoms with Gasteiger partial charge in [0, 0.05) is 41.5 Å². The van der Waals surface area contributed by atoms with Crippen LogP contribution in [0.4, 0.5) is 26.8 Å². The number of rotatable bonds is 15. The molecular formula is C40H40FN9O5S3. The Labute approximate surface area is 342 Å².